The molecule has 4 rings (SSSR count). The lowest BCUT2D eigenvalue weighted by atomic mass is 9.75. The number of thioether (sulfide) groups is 1. The Morgan fingerprint density at radius 2 is 1.88 bits per heavy atom. The number of urea groups is 1. The average molecular weight is 490 g/mol. The zero-order valence-corrected chi connectivity index (χ0v) is 21.0. The highest BCUT2D eigenvalue weighted by molar-refractivity contribution is 8.01. The van der Waals surface area contributed by atoms with Crippen LogP contribution in [-0.4, -0.2) is 46.8 Å². The lowest BCUT2D eigenvalue weighted by Crippen LogP contribution is -2.51. The number of rotatable bonds is 7. The van der Waals surface area contributed by atoms with Gasteiger partial charge in [0.2, 0.25) is 0 Å². The van der Waals surface area contributed by atoms with E-state index in [1.807, 2.05) is 0 Å². The molecular weight excluding hydrogens is 454 g/mol. The van der Waals surface area contributed by atoms with Crippen LogP contribution in [0.4, 0.5) is 9.93 Å². The van der Waals surface area contributed by atoms with Crippen LogP contribution in [0.3, 0.4) is 0 Å². The molecule has 0 aromatic carbocycles. The van der Waals surface area contributed by atoms with E-state index in [0.29, 0.717) is 23.1 Å². The van der Waals surface area contributed by atoms with Gasteiger partial charge in [0.1, 0.15) is 0 Å². The minimum Gasteiger partial charge on any atom is -0.468 e. The van der Waals surface area contributed by atoms with Crippen molar-refractivity contribution in [3.8, 4) is 0 Å². The first-order valence-corrected chi connectivity index (χ1v) is 14.0. The molecule has 2 amide bonds. The van der Waals surface area contributed by atoms with Crippen LogP contribution >= 0.6 is 23.1 Å². The van der Waals surface area contributed by atoms with Crippen molar-refractivity contribution >= 4 is 40.2 Å². The summed E-state index contributed by atoms with van der Waals surface area (Å²) < 4.78 is 5.59. The van der Waals surface area contributed by atoms with E-state index >= 15 is 0 Å². The zero-order valence-electron chi connectivity index (χ0n) is 19.4. The number of allylic oxidation sites excluding steroid dienone is 4. The first kappa shape index (κ1) is 24.3. The number of thiazole rings is 1. The number of aromatic nitrogens is 1. The quantitative estimate of drug-likeness (QED) is 0.361. The maximum atomic E-state index is 13.5. The molecule has 2 fully saturated rings. The second-order valence-corrected chi connectivity index (χ2v) is 11.6. The van der Waals surface area contributed by atoms with Crippen LogP contribution < -0.4 is 5.32 Å². The van der Waals surface area contributed by atoms with Crippen molar-refractivity contribution in [2.45, 2.75) is 80.5 Å². The highest BCUT2D eigenvalue weighted by Gasteiger charge is 2.36. The van der Waals surface area contributed by atoms with Gasteiger partial charge in [0.25, 0.3) is 0 Å². The van der Waals surface area contributed by atoms with Crippen LogP contribution in [0.1, 0.15) is 64.2 Å². The van der Waals surface area contributed by atoms with E-state index in [4.69, 9.17) is 4.74 Å². The monoisotopic (exact) mass is 489 g/mol. The number of methoxy groups -OCH3 is 1. The van der Waals surface area contributed by atoms with Gasteiger partial charge in [-0.05, 0) is 56.8 Å². The predicted molar refractivity (Wildman–Crippen MR) is 135 cm³/mol. The topological polar surface area (TPSA) is 71.5 Å². The second kappa shape index (κ2) is 12.1. The number of hydrogen-bond donors (Lipinski definition) is 1. The summed E-state index contributed by atoms with van der Waals surface area (Å²) >= 11 is 2.80. The van der Waals surface area contributed by atoms with Crippen LogP contribution in [0.15, 0.2) is 34.7 Å². The summed E-state index contributed by atoms with van der Waals surface area (Å²) in [4.78, 5) is 31.4. The minimum atomic E-state index is -0.266. The summed E-state index contributed by atoms with van der Waals surface area (Å²) in [7, 11) is 1.39. The van der Waals surface area contributed by atoms with E-state index in [-0.39, 0.29) is 17.8 Å². The fourth-order valence-electron chi connectivity index (χ4n) is 5.48. The van der Waals surface area contributed by atoms with Gasteiger partial charge in [0, 0.05) is 12.1 Å². The molecule has 180 valence electrons. The van der Waals surface area contributed by atoms with Gasteiger partial charge in [-0.25, -0.2) is 9.78 Å². The van der Waals surface area contributed by atoms with Crippen LogP contribution in [0, 0.1) is 11.8 Å². The molecule has 0 saturated heterocycles. The number of carbonyl (C=O) groups excluding carboxylic acids is 2. The van der Waals surface area contributed by atoms with Crippen LogP contribution in [-0.2, 0) is 9.53 Å². The summed E-state index contributed by atoms with van der Waals surface area (Å²) in [5.41, 5.74) is 0. The normalized spacial score (nSPS) is 25.5. The summed E-state index contributed by atoms with van der Waals surface area (Å²) in [5.74, 6) is 1.36. The van der Waals surface area contributed by atoms with E-state index in [1.54, 1.807) is 6.20 Å². The van der Waals surface area contributed by atoms with Crippen molar-refractivity contribution in [1.29, 1.82) is 0 Å². The lowest BCUT2D eigenvalue weighted by Gasteiger charge is -2.43. The fraction of sp³-hybridized carbons (Fsp3) is 0.640. The van der Waals surface area contributed by atoms with Crippen molar-refractivity contribution in [2.24, 2.45) is 11.8 Å². The molecule has 6 nitrogen and oxygen atoms in total. The molecule has 33 heavy (non-hydrogen) atoms. The maximum absolute atomic E-state index is 13.5. The fourth-order valence-corrected chi connectivity index (χ4v) is 7.17. The van der Waals surface area contributed by atoms with Crippen molar-refractivity contribution in [1.82, 2.24) is 9.88 Å². The van der Waals surface area contributed by atoms with E-state index in [1.165, 1.54) is 62.3 Å². The van der Waals surface area contributed by atoms with Crippen molar-refractivity contribution in [2.75, 3.05) is 18.2 Å². The predicted octanol–water partition coefficient (Wildman–Crippen LogP) is 6.27. The molecule has 8 heteroatoms. The number of amides is 2. The minimum absolute atomic E-state index is 0.00952. The molecule has 1 heterocycles. The van der Waals surface area contributed by atoms with Crippen molar-refractivity contribution in [3.63, 3.8) is 0 Å². The summed E-state index contributed by atoms with van der Waals surface area (Å²) in [6, 6.07) is 0.622. The van der Waals surface area contributed by atoms with Gasteiger partial charge in [-0.2, -0.15) is 0 Å². The summed E-state index contributed by atoms with van der Waals surface area (Å²) in [6.45, 7) is 0. The Morgan fingerprint density at radius 3 is 2.58 bits per heavy atom. The third-order valence-electron chi connectivity index (χ3n) is 7.21. The summed E-state index contributed by atoms with van der Waals surface area (Å²) in [5, 5.41) is 3.68. The average Bonchev–Trinajstić information content (AvgIpc) is 3.31. The Balaban J connectivity index is 1.38. The SMILES string of the molecule is COC(=O)CSc1cnc(NC(=O)N(C2CCCCC2)C2CCC(C3C=CC=CC3)CC2)s1. The maximum Gasteiger partial charge on any atom is 0.324 e. The molecule has 1 N–H and O–H groups in total. The molecular formula is C25H35N3O3S2. The number of hydrogen-bond acceptors (Lipinski definition) is 6. The number of carbonyl (C=O) groups is 2. The molecule has 1 aromatic rings. The van der Waals surface area contributed by atoms with Crippen molar-refractivity contribution in [3.05, 3.63) is 30.5 Å². The van der Waals surface area contributed by atoms with Gasteiger partial charge >= 0.3 is 12.0 Å². The molecule has 1 aromatic heterocycles. The number of anilines is 1. The molecule has 0 bridgehead atoms. The largest absolute Gasteiger partial charge is 0.468 e. The molecule has 1 atom stereocenters. The van der Waals surface area contributed by atoms with Gasteiger partial charge in [-0.15, -0.1) is 11.8 Å². The lowest BCUT2D eigenvalue weighted by molar-refractivity contribution is -0.137. The van der Waals surface area contributed by atoms with Gasteiger partial charge in [-0.1, -0.05) is 54.9 Å². The van der Waals surface area contributed by atoms with Gasteiger partial charge in [-0.3, -0.25) is 10.1 Å². The second-order valence-electron chi connectivity index (χ2n) is 9.26. The third-order valence-corrected chi connectivity index (χ3v) is 9.30. The molecule has 2 saturated carbocycles. The zero-order chi connectivity index (χ0) is 23.0. The Labute approximate surface area is 205 Å². The number of nitrogens with zero attached hydrogens (tertiary/aromatic N) is 2. The molecule has 1 unspecified atom stereocenters. The van der Waals surface area contributed by atoms with Gasteiger partial charge in [0.15, 0.2) is 5.13 Å². The molecule has 3 aliphatic rings. The molecule has 0 aliphatic heterocycles. The summed E-state index contributed by atoms with van der Waals surface area (Å²) in [6.07, 6.45) is 22.3. The van der Waals surface area contributed by atoms with E-state index in [9.17, 15) is 9.59 Å². The first-order chi connectivity index (χ1) is 16.1. The van der Waals surface area contributed by atoms with Gasteiger partial charge < -0.3 is 9.64 Å². The van der Waals surface area contributed by atoms with Gasteiger partial charge in [0.05, 0.1) is 23.3 Å². The van der Waals surface area contributed by atoms with E-state index in [2.05, 4.69) is 39.5 Å². The van der Waals surface area contributed by atoms with E-state index < -0.39 is 0 Å². The van der Waals surface area contributed by atoms with Crippen LogP contribution in [0.25, 0.3) is 0 Å². The van der Waals surface area contributed by atoms with Crippen molar-refractivity contribution < 1.29 is 14.3 Å². The number of nitrogens with one attached hydrogen (secondary N) is 1. The Bertz CT molecular complexity index is 855. The Kier molecular flexibility index (Phi) is 8.89. The van der Waals surface area contributed by atoms with E-state index in [0.717, 1.165) is 42.2 Å². The molecule has 3 aliphatic carbocycles. The smallest absolute Gasteiger partial charge is 0.324 e. The van der Waals surface area contributed by atoms with Crippen LogP contribution in [0.2, 0.25) is 0 Å². The number of ether oxygens (including phenoxy) is 1. The molecule has 0 spiro atoms. The first-order valence-electron chi connectivity index (χ1n) is 12.2. The molecule has 0 radical (unpaired) electrons. The highest BCUT2D eigenvalue weighted by Crippen LogP contribution is 2.38. The number of esters is 1. The third kappa shape index (κ3) is 6.63. The standard InChI is InChI=1S/C25H35N3O3S2/c1-31-22(29)17-32-23-16-26-24(33-23)27-25(30)28(20-10-6-3-7-11-20)21-14-12-19(13-15-21)18-8-4-2-5-9-18/h2,4-5,8,16,18-21H,3,6-7,9-15,17H2,1H3,(H,26,27,30). The highest BCUT2D eigenvalue weighted by atomic mass is 32.2. The Hall–Kier alpha value is -1.80. The Morgan fingerprint density at radius 1 is 1.12 bits per heavy atom. The van der Waals surface area contributed by atoms with Crippen LogP contribution in [0.5, 0.6) is 0 Å².